The first-order valence-corrected chi connectivity index (χ1v) is 10.2. The summed E-state index contributed by atoms with van der Waals surface area (Å²) in [5.41, 5.74) is -0.682. The van der Waals surface area contributed by atoms with Crippen molar-refractivity contribution in [2.24, 2.45) is 5.92 Å². The van der Waals surface area contributed by atoms with Gasteiger partial charge in [-0.15, -0.1) is 0 Å². The molecule has 0 saturated carbocycles. The fraction of sp³-hybridized carbons (Fsp3) is 0.350. The molecule has 0 fully saturated rings. The van der Waals surface area contributed by atoms with Crippen molar-refractivity contribution in [1.29, 1.82) is 0 Å². The van der Waals surface area contributed by atoms with Gasteiger partial charge < -0.3 is 14.4 Å². The summed E-state index contributed by atoms with van der Waals surface area (Å²) >= 11 is 0. The molecular formula is C20H17F6N7O2. The van der Waals surface area contributed by atoms with E-state index in [1.165, 1.54) is 18.3 Å². The Kier molecular flexibility index (Phi) is 6.25. The van der Waals surface area contributed by atoms with Gasteiger partial charge >= 0.3 is 24.2 Å². The fourth-order valence-corrected chi connectivity index (χ4v) is 3.34. The minimum Gasteiger partial charge on any atom is -0.347 e. The maximum absolute atomic E-state index is 13.4. The molecular weight excluding hydrogens is 484 g/mol. The van der Waals surface area contributed by atoms with Crippen LogP contribution in [0, 0.1) is 5.92 Å². The molecule has 3 aromatic heterocycles. The number of rotatable bonds is 7. The van der Waals surface area contributed by atoms with Crippen LogP contribution in [0.4, 0.5) is 26.3 Å². The number of nitrogens with one attached hydrogen (secondary N) is 1. The second kappa shape index (κ2) is 9.03. The topological polar surface area (TPSA) is 104 Å². The van der Waals surface area contributed by atoms with E-state index in [9.17, 15) is 31.1 Å². The van der Waals surface area contributed by atoms with Crippen LogP contribution in [0.1, 0.15) is 35.0 Å². The van der Waals surface area contributed by atoms with Crippen LogP contribution in [-0.4, -0.2) is 41.9 Å². The molecule has 35 heavy (non-hydrogen) atoms. The normalized spacial score (nSPS) is 13.3. The molecule has 3 heterocycles. The van der Waals surface area contributed by atoms with E-state index in [-0.39, 0.29) is 35.9 Å². The summed E-state index contributed by atoms with van der Waals surface area (Å²) in [6.45, 7) is 1.38. The number of halogens is 6. The van der Waals surface area contributed by atoms with Crippen molar-refractivity contribution in [2.45, 2.75) is 32.4 Å². The number of imidazole rings is 1. The molecule has 1 amide bonds. The van der Waals surface area contributed by atoms with Crippen molar-refractivity contribution < 1.29 is 35.7 Å². The van der Waals surface area contributed by atoms with E-state index in [0.29, 0.717) is 0 Å². The van der Waals surface area contributed by atoms with E-state index in [0.717, 1.165) is 15.3 Å². The summed E-state index contributed by atoms with van der Waals surface area (Å²) in [6.07, 6.45) is -8.10. The molecule has 15 heteroatoms. The van der Waals surface area contributed by atoms with E-state index in [1.807, 2.05) is 0 Å². The summed E-state index contributed by atoms with van der Waals surface area (Å²) in [5, 5.41) is 9.52. The molecule has 0 spiro atoms. The SMILES string of the molecule is C[C@@H](CNC(=O)c1nc(Cn2c(C(F)(F)F)nc3ccccc32)no1)Cn1ccc(C(F)(F)F)n1. The van der Waals surface area contributed by atoms with Crippen molar-refractivity contribution in [3.8, 4) is 0 Å². The van der Waals surface area contributed by atoms with E-state index >= 15 is 0 Å². The first kappa shape index (κ1) is 24.2. The van der Waals surface area contributed by atoms with Gasteiger partial charge in [-0.25, -0.2) is 4.98 Å². The highest BCUT2D eigenvalue weighted by molar-refractivity contribution is 5.89. The first-order chi connectivity index (χ1) is 16.4. The van der Waals surface area contributed by atoms with E-state index < -0.39 is 42.2 Å². The van der Waals surface area contributed by atoms with Crippen LogP contribution in [0.3, 0.4) is 0 Å². The molecule has 1 atom stereocenters. The van der Waals surface area contributed by atoms with Gasteiger partial charge in [0.05, 0.1) is 17.6 Å². The van der Waals surface area contributed by atoms with E-state index in [2.05, 4.69) is 25.5 Å². The molecule has 0 aliphatic rings. The average Bonchev–Trinajstić information content (AvgIpc) is 3.51. The van der Waals surface area contributed by atoms with Crippen LogP contribution in [0.5, 0.6) is 0 Å². The Hall–Kier alpha value is -3.91. The lowest BCUT2D eigenvalue weighted by Gasteiger charge is -2.12. The van der Waals surface area contributed by atoms with Gasteiger partial charge in [-0.3, -0.25) is 9.48 Å². The monoisotopic (exact) mass is 501 g/mol. The van der Waals surface area contributed by atoms with Gasteiger partial charge in [0, 0.05) is 19.3 Å². The Balaban J connectivity index is 1.39. The molecule has 0 bridgehead atoms. The van der Waals surface area contributed by atoms with Crippen molar-refractivity contribution in [2.75, 3.05) is 6.54 Å². The standard InChI is InChI=1S/C20H17F6N7O2/c1-11(9-32-7-6-14(30-32)19(21,22)23)8-27-16(34)17-29-15(31-35-17)10-33-13-5-3-2-4-12(13)28-18(33)20(24,25)26/h2-7,11H,8-10H2,1H3,(H,27,34)/t11-/m0/s1. The van der Waals surface area contributed by atoms with Crippen molar-refractivity contribution in [3.63, 3.8) is 0 Å². The highest BCUT2D eigenvalue weighted by atomic mass is 19.4. The number of carbonyl (C=O) groups excluding carboxylic acids is 1. The lowest BCUT2D eigenvalue weighted by atomic mass is 10.2. The maximum Gasteiger partial charge on any atom is 0.449 e. The van der Waals surface area contributed by atoms with Crippen LogP contribution in [0.25, 0.3) is 11.0 Å². The van der Waals surface area contributed by atoms with E-state index in [4.69, 9.17) is 4.52 Å². The number of aromatic nitrogens is 6. The number of carbonyl (C=O) groups is 1. The smallest absolute Gasteiger partial charge is 0.347 e. The minimum atomic E-state index is -4.73. The number of hydrogen-bond acceptors (Lipinski definition) is 6. The number of amides is 1. The van der Waals surface area contributed by atoms with Crippen LogP contribution >= 0.6 is 0 Å². The predicted molar refractivity (Wildman–Crippen MR) is 107 cm³/mol. The van der Waals surface area contributed by atoms with Crippen LogP contribution in [0.2, 0.25) is 0 Å². The van der Waals surface area contributed by atoms with Crippen LogP contribution in [-0.2, 0) is 25.4 Å². The van der Waals surface area contributed by atoms with E-state index in [1.54, 1.807) is 19.1 Å². The molecule has 9 nitrogen and oxygen atoms in total. The van der Waals surface area contributed by atoms with Gasteiger partial charge in [-0.2, -0.15) is 36.4 Å². The lowest BCUT2D eigenvalue weighted by Crippen LogP contribution is -2.30. The highest BCUT2D eigenvalue weighted by Gasteiger charge is 2.38. The first-order valence-electron chi connectivity index (χ1n) is 10.2. The second-order valence-corrected chi connectivity index (χ2v) is 7.76. The lowest BCUT2D eigenvalue weighted by molar-refractivity contribution is -0.146. The minimum absolute atomic E-state index is 0.0438. The van der Waals surface area contributed by atoms with Gasteiger partial charge in [0.15, 0.2) is 11.5 Å². The van der Waals surface area contributed by atoms with Gasteiger partial charge in [0.2, 0.25) is 5.82 Å². The van der Waals surface area contributed by atoms with Gasteiger partial charge in [-0.1, -0.05) is 24.2 Å². The zero-order chi connectivity index (χ0) is 25.4. The molecule has 4 aromatic rings. The Morgan fingerprint density at radius 1 is 1.09 bits per heavy atom. The number of fused-ring (bicyclic) bond motifs is 1. The summed E-state index contributed by atoms with van der Waals surface area (Å²) in [6, 6.07) is 6.86. The summed E-state index contributed by atoms with van der Waals surface area (Å²) in [5.74, 6) is -2.88. The molecule has 0 aliphatic carbocycles. The third-order valence-corrected chi connectivity index (χ3v) is 4.91. The summed E-state index contributed by atoms with van der Waals surface area (Å²) < 4.78 is 85.1. The highest BCUT2D eigenvalue weighted by Crippen LogP contribution is 2.32. The second-order valence-electron chi connectivity index (χ2n) is 7.76. The Labute approximate surface area is 192 Å². The molecule has 0 saturated heterocycles. The zero-order valence-electron chi connectivity index (χ0n) is 17.9. The number of nitrogens with zero attached hydrogens (tertiary/aromatic N) is 6. The van der Waals surface area contributed by atoms with Crippen molar-refractivity contribution in [3.05, 3.63) is 59.8 Å². The molecule has 0 unspecified atom stereocenters. The van der Waals surface area contributed by atoms with Gasteiger partial charge in [0.25, 0.3) is 0 Å². The van der Waals surface area contributed by atoms with Gasteiger partial charge in [0.1, 0.15) is 0 Å². The number of para-hydroxylation sites is 2. The molecule has 1 aromatic carbocycles. The summed E-state index contributed by atoms with van der Waals surface area (Å²) in [7, 11) is 0. The Morgan fingerprint density at radius 2 is 1.83 bits per heavy atom. The fourth-order valence-electron chi connectivity index (χ4n) is 3.34. The third-order valence-electron chi connectivity index (χ3n) is 4.91. The maximum atomic E-state index is 13.4. The van der Waals surface area contributed by atoms with Crippen molar-refractivity contribution in [1.82, 2.24) is 34.8 Å². The molecule has 4 rings (SSSR count). The Bertz CT molecular complexity index is 1340. The zero-order valence-corrected chi connectivity index (χ0v) is 17.9. The third kappa shape index (κ3) is 5.44. The quantitative estimate of drug-likeness (QED) is 0.387. The largest absolute Gasteiger partial charge is 0.449 e. The number of benzene rings is 1. The Morgan fingerprint density at radius 3 is 2.51 bits per heavy atom. The predicted octanol–water partition coefficient (Wildman–Crippen LogP) is 3.77. The molecule has 0 aliphatic heterocycles. The molecule has 0 radical (unpaired) electrons. The number of hydrogen-bond donors (Lipinski definition) is 1. The average molecular weight is 501 g/mol. The molecule has 1 N–H and O–H groups in total. The molecule has 186 valence electrons. The van der Waals surface area contributed by atoms with Crippen LogP contribution in [0.15, 0.2) is 41.1 Å². The van der Waals surface area contributed by atoms with Crippen LogP contribution < -0.4 is 5.32 Å². The van der Waals surface area contributed by atoms with Crippen molar-refractivity contribution >= 4 is 16.9 Å². The summed E-state index contributed by atoms with van der Waals surface area (Å²) in [4.78, 5) is 19.8. The number of alkyl halides is 6. The van der Waals surface area contributed by atoms with Gasteiger partial charge in [-0.05, 0) is 24.1 Å².